The molecule has 0 spiro atoms. The van der Waals surface area contributed by atoms with Gasteiger partial charge in [-0.2, -0.15) is 13.2 Å². The molecule has 0 saturated heterocycles. The summed E-state index contributed by atoms with van der Waals surface area (Å²) in [6.07, 6.45) is 19.6. The number of hydrogen-bond donors (Lipinski definition) is 2. The van der Waals surface area contributed by atoms with Crippen LogP contribution >= 0.6 is 0 Å². The van der Waals surface area contributed by atoms with Gasteiger partial charge in [-0.25, -0.2) is 9.98 Å². The number of benzene rings is 1. The number of halogens is 3. The Morgan fingerprint density at radius 1 is 1.16 bits per heavy atom. The number of para-hydroxylation sites is 1. The zero-order valence-electron chi connectivity index (χ0n) is 24.5. The summed E-state index contributed by atoms with van der Waals surface area (Å²) in [6, 6.07) is 13.3. The number of ether oxygens (including phenoxy) is 2. The van der Waals surface area contributed by atoms with E-state index in [9.17, 15) is 22.8 Å². The third-order valence-electron chi connectivity index (χ3n) is 6.38. The average molecular weight is 602 g/mol. The molecule has 2 aliphatic heterocycles. The predicted molar refractivity (Wildman–Crippen MR) is 159 cm³/mol. The molecule has 3 heterocycles. The van der Waals surface area contributed by atoms with Crippen molar-refractivity contribution in [3.05, 3.63) is 54.2 Å². The number of amides is 2. The Labute approximate surface area is 251 Å². The van der Waals surface area contributed by atoms with Crippen LogP contribution in [0.3, 0.4) is 0 Å². The summed E-state index contributed by atoms with van der Waals surface area (Å²) in [6.45, 7) is 1.19. The van der Waals surface area contributed by atoms with E-state index >= 15 is 0 Å². The minimum atomic E-state index is -3.67. The molecule has 1 saturated carbocycles. The number of rotatable bonds is 5. The van der Waals surface area contributed by atoms with Crippen LogP contribution in [-0.4, -0.2) is 60.1 Å². The Bertz CT molecular complexity index is 1230. The van der Waals surface area contributed by atoms with Crippen molar-refractivity contribution >= 4 is 17.8 Å². The highest BCUT2D eigenvalue weighted by Crippen LogP contribution is 2.41. The third kappa shape index (κ3) is 12.0. The molecule has 1 fully saturated rings. The van der Waals surface area contributed by atoms with Gasteiger partial charge in [0.2, 0.25) is 17.7 Å². The van der Waals surface area contributed by atoms with E-state index in [1.807, 2.05) is 50.2 Å². The molecule has 9 nitrogen and oxygen atoms in total. The van der Waals surface area contributed by atoms with E-state index in [4.69, 9.17) is 15.2 Å². The zero-order chi connectivity index (χ0) is 32.6. The number of aromatic nitrogens is 1. The number of aliphatic imine (C=N–C) groups is 1. The van der Waals surface area contributed by atoms with Crippen LogP contribution in [0.2, 0.25) is 0 Å². The van der Waals surface area contributed by atoms with Gasteiger partial charge in [-0.3, -0.25) is 14.5 Å². The summed E-state index contributed by atoms with van der Waals surface area (Å²) in [5, 5.41) is 3.16. The fraction of sp³-hybridized carbons (Fsp3) is 0.419. The van der Waals surface area contributed by atoms with Gasteiger partial charge in [-0.1, -0.05) is 24.3 Å². The molecule has 232 valence electrons. The van der Waals surface area contributed by atoms with Crippen LogP contribution in [0.4, 0.5) is 13.2 Å². The van der Waals surface area contributed by atoms with E-state index in [0.717, 1.165) is 24.2 Å². The predicted octanol–water partition coefficient (Wildman–Crippen LogP) is 4.36. The molecule has 3 N–H and O–H groups in total. The van der Waals surface area contributed by atoms with Gasteiger partial charge in [-0.15, -0.1) is 25.7 Å². The molecule has 0 radical (unpaired) electrons. The van der Waals surface area contributed by atoms with Crippen molar-refractivity contribution in [2.24, 2.45) is 22.6 Å². The first-order valence-electron chi connectivity index (χ1n) is 13.2. The lowest BCUT2D eigenvalue weighted by Gasteiger charge is -2.32. The molecule has 12 heteroatoms. The van der Waals surface area contributed by atoms with Gasteiger partial charge in [0.1, 0.15) is 5.75 Å². The van der Waals surface area contributed by atoms with E-state index < -0.39 is 12.2 Å². The van der Waals surface area contributed by atoms with Crippen LogP contribution in [0.1, 0.15) is 44.7 Å². The van der Waals surface area contributed by atoms with Gasteiger partial charge >= 0.3 is 6.68 Å². The minimum Gasteiger partial charge on any atom is -0.493 e. The average Bonchev–Trinajstić information content (AvgIpc) is 3.77. The highest BCUT2D eigenvalue weighted by atomic mass is 19.4. The Hall–Kier alpha value is -4.71. The van der Waals surface area contributed by atoms with Crippen molar-refractivity contribution in [2.45, 2.75) is 51.4 Å². The molecule has 2 aromatic rings. The first kappa shape index (κ1) is 36.3. The minimum absolute atomic E-state index is 0.0167. The standard InChI is InChI=1S/C20H26N4O3.C6H7NO.2C2H2.CHF3/c1-20(2)10-17(25)24(19(21)23-20)11-12-9-14(12)18(26)22-15-7-8-27-16-6-4-3-5-13(15)16;1-8-6-4-2-3-5-7-6;2*1-2;2-1(3)4/h3-6,12,14-15H,7-11H2,1-2H3,(H2,21,23)(H,22,26);2-5H,1H3;2*1-2H;1H/t12-,14?,15+;;;;/m1..../s1. The molecule has 1 unspecified atom stereocenters. The number of terminal acetylenes is 2. The molecule has 5 rings (SSSR count). The van der Waals surface area contributed by atoms with Crippen molar-refractivity contribution in [1.82, 2.24) is 15.2 Å². The van der Waals surface area contributed by atoms with Gasteiger partial charge in [0.05, 0.1) is 31.7 Å². The van der Waals surface area contributed by atoms with Crippen LogP contribution in [0.25, 0.3) is 0 Å². The van der Waals surface area contributed by atoms with E-state index in [0.29, 0.717) is 25.5 Å². The molecule has 1 aromatic carbocycles. The lowest BCUT2D eigenvalue weighted by Crippen LogP contribution is -2.50. The maximum atomic E-state index is 12.7. The van der Waals surface area contributed by atoms with Gasteiger partial charge < -0.3 is 20.5 Å². The Balaban J connectivity index is 0.000000479. The van der Waals surface area contributed by atoms with Gasteiger partial charge in [0.15, 0.2) is 5.96 Å². The SMILES string of the molecule is C#C.C#C.CC1(C)CC(=O)N(C[C@H]2CC2C(=O)N[C@H]2CCOc3ccccc32)C(N)=N1.COc1ccccn1.FC(F)F. The first-order valence-corrected chi connectivity index (χ1v) is 13.2. The topological polar surface area (TPSA) is 119 Å². The van der Waals surface area contributed by atoms with Crippen molar-refractivity contribution < 1.29 is 32.2 Å². The summed E-state index contributed by atoms with van der Waals surface area (Å²) >= 11 is 0. The fourth-order valence-corrected chi connectivity index (χ4v) is 4.44. The van der Waals surface area contributed by atoms with Gasteiger partial charge in [0, 0.05) is 36.7 Å². The number of methoxy groups -OCH3 is 1. The Kier molecular flexibility index (Phi) is 15.2. The molecule has 1 aromatic heterocycles. The van der Waals surface area contributed by atoms with Gasteiger partial charge in [-0.05, 0) is 38.3 Å². The molecular formula is C31H38F3N5O4. The summed E-state index contributed by atoms with van der Waals surface area (Å²) in [4.78, 5) is 34.9. The molecule has 0 bridgehead atoms. The summed E-state index contributed by atoms with van der Waals surface area (Å²) in [5.41, 5.74) is 6.56. The highest BCUT2D eigenvalue weighted by molar-refractivity contribution is 5.99. The lowest BCUT2D eigenvalue weighted by molar-refractivity contribution is -0.130. The highest BCUT2D eigenvalue weighted by Gasteiger charge is 2.46. The number of nitrogens with one attached hydrogen (secondary N) is 1. The quantitative estimate of drug-likeness (QED) is 0.492. The van der Waals surface area contributed by atoms with Gasteiger partial charge in [0.25, 0.3) is 0 Å². The maximum absolute atomic E-state index is 12.7. The molecule has 3 aliphatic rings. The van der Waals surface area contributed by atoms with Crippen molar-refractivity contribution in [3.63, 3.8) is 0 Å². The largest absolute Gasteiger partial charge is 0.493 e. The number of hydrogen-bond acceptors (Lipinski definition) is 7. The molecule has 1 aliphatic carbocycles. The Morgan fingerprint density at radius 3 is 2.35 bits per heavy atom. The monoisotopic (exact) mass is 601 g/mol. The summed E-state index contributed by atoms with van der Waals surface area (Å²) < 4.78 is 39.5. The number of nitrogens with two attached hydrogens (primary N) is 1. The first-order chi connectivity index (χ1) is 20.5. The van der Waals surface area contributed by atoms with E-state index in [1.54, 1.807) is 19.4 Å². The molecule has 3 atom stereocenters. The van der Waals surface area contributed by atoms with Crippen LogP contribution in [0.5, 0.6) is 11.6 Å². The smallest absolute Gasteiger partial charge is 0.379 e. The number of fused-ring (bicyclic) bond motifs is 1. The molecule has 43 heavy (non-hydrogen) atoms. The fourth-order valence-electron chi connectivity index (χ4n) is 4.44. The number of carbonyl (C=O) groups is 2. The van der Waals surface area contributed by atoms with E-state index in [1.165, 1.54) is 4.90 Å². The van der Waals surface area contributed by atoms with Crippen molar-refractivity contribution in [1.29, 1.82) is 0 Å². The van der Waals surface area contributed by atoms with E-state index in [2.05, 4.69) is 41.0 Å². The lowest BCUT2D eigenvalue weighted by atomic mass is 9.99. The van der Waals surface area contributed by atoms with Crippen molar-refractivity contribution in [2.75, 3.05) is 20.3 Å². The number of carbonyl (C=O) groups excluding carboxylic acids is 2. The maximum Gasteiger partial charge on any atom is 0.379 e. The zero-order valence-corrected chi connectivity index (χ0v) is 24.5. The summed E-state index contributed by atoms with van der Waals surface area (Å²) in [5.74, 6) is 1.86. The molecule has 2 amide bonds. The van der Waals surface area contributed by atoms with E-state index in [-0.39, 0.29) is 35.7 Å². The number of pyridine rings is 1. The number of nitrogens with zero attached hydrogens (tertiary/aromatic N) is 3. The Morgan fingerprint density at radius 2 is 1.79 bits per heavy atom. The van der Waals surface area contributed by atoms with Crippen LogP contribution in [0, 0.1) is 37.5 Å². The van der Waals surface area contributed by atoms with Crippen LogP contribution in [-0.2, 0) is 9.59 Å². The second kappa shape index (κ2) is 18.0. The number of alkyl halides is 3. The van der Waals surface area contributed by atoms with Crippen LogP contribution in [0.15, 0.2) is 53.7 Å². The molecular weight excluding hydrogens is 563 g/mol. The normalized spacial score (nSPS) is 20.5. The third-order valence-corrected chi connectivity index (χ3v) is 6.38. The second-order valence-electron chi connectivity index (χ2n) is 9.92. The van der Waals surface area contributed by atoms with Crippen LogP contribution < -0.4 is 20.5 Å². The second-order valence-corrected chi connectivity index (χ2v) is 9.92. The summed E-state index contributed by atoms with van der Waals surface area (Å²) in [7, 11) is 1.60. The van der Waals surface area contributed by atoms with Crippen molar-refractivity contribution in [3.8, 4) is 37.3 Å². The number of guanidine groups is 1.